The van der Waals surface area contributed by atoms with Crippen LogP contribution in [-0.4, -0.2) is 21.0 Å². The van der Waals surface area contributed by atoms with Gasteiger partial charge in [-0.05, 0) is 37.1 Å². The maximum Gasteiger partial charge on any atom is 0.262 e. The Morgan fingerprint density at radius 2 is 2.00 bits per heavy atom. The van der Waals surface area contributed by atoms with E-state index in [9.17, 15) is 9.59 Å². The number of amides is 1. The van der Waals surface area contributed by atoms with Gasteiger partial charge in [0, 0.05) is 18.5 Å². The topological polar surface area (TPSA) is 64.0 Å². The van der Waals surface area contributed by atoms with Gasteiger partial charge in [0.2, 0.25) is 5.91 Å². The monoisotopic (exact) mass is 335 g/mol. The van der Waals surface area contributed by atoms with Crippen molar-refractivity contribution in [2.24, 2.45) is 5.41 Å². The van der Waals surface area contributed by atoms with Crippen molar-refractivity contribution in [3.8, 4) is 0 Å². The minimum absolute atomic E-state index is 0.0448. The van der Waals surface area contributed by atoms with Crippen molar-refractivity contribution in [1.29, 1.82) is 0 Å². The quantitative estimate of drug-likeness (QED) is 0.913. The molecule has 0 unspecified atom stereocenters. The molecule has 23 heavy (non-hydrogen) atoms. The third-order valence-electron chi connectivity index (χ3n) is 3.48. The predicted octanol–water partition coefficient (Wildman–Crippen LogP) is 3.18. The summed E-state index contributed by atoms with van der Waals surface area (Å²) in [5, 5.41) is 5.53. The van der Waals surface area contributed by atoms with Crippen LogP contribution in [0.1, 0.15) is 47.5 Å². The van der Waals surface area contributed by atoms with E-state index in [0.29, 0.717) is 11.9 Å². The summed E-state index contributed by atoms with van der Waals surface area (Å²) in [6.07, 6.45) is 2.67. The smallest absolute Gasteiger partial charge is 0.262 e. The molecule has 0 saturated heterocycles. The summed E-state index contributed by atoms with van der Waals surface area (Å²) in [6.45, 7) is 10.9. The van der Waals surface area contributed by atoms with Gasteiger partial charge in [-0.15, -0.1) is 11.3 Å². The highest BCUT2D eigenvalue weighted by Crippen LogP contribution is 2.26. The molecular weight excluding hydrogens is 310 g/mol. The van der Waals surface area contributed by atoms with Gasteiger partial charge in [0.15, 0.2) is 0 Å². The lowest BCUT2D eigenvalue weighted by atomic mass is 9.82. The zero-order valence-electron chi connectivity index (χ0n) is 14.5. The minimum atomic E-state index is -0.268. The van der Waals surface area contributed by atoms with Crippen molar-refractivity contribution >= 4 is 27.5 Å². The molecule has 2 aromatic rings. The first kappa shape index (κ1) is 17.7. The highest BCUT2D eigenvalue weighted by Gasteiger charge is 2.26. The molecule has 0 bridgehead atoms. The molecule has 0 saturated carbocycles. The third kappa shape index (κ3) is 4.89. The Labute approximate surface area is 140 Å². The van der Waals surface area contributed by atoms with Crippen molar-refractivity contribution in [3.05, 3.63) is 28.1 Å². The first-order valence-electron chi connectivity index (χ1n) is 7.81. The summed E-state index contributed by atoms with van der Waals surface area (Å²) in [5.41, 5.74) is -0.213. The van der Waals surface area contributed by atoms with Gasteiger partial charge in [-0.1, -0.05) is 20.8 Å². The Morgan fingerprint density at radius 3 is 2.65 bits per heavy atom. The Morgan fingerprint density at radius 1 is 1.30 bits per heavy atom. The maximum absolute atomic E-state index is 12.3. The van der Waals surface area contributed by atoms with Gasteiger partial charge in [-0.2, -0.15) is 0 Å². The number of thiophene rings is 1. The van der Waals surface area contributed by atoms with Gasteiger partial charge in [0.1, 0.15) is 4.83 Å². The van der Waals surface area contributed by atoms with Crippen LogP contribution in [0.3, 0.4) is 0 Å². The molecule has 0 fully saturated rings. The van der Waals surface area contributed by atoms with E-state index in [1.54, 1.807) is 6.07 Å². The fourth-order valence-electron chi connectivity index (χ4n) is 3.08. The number of carbonyl (C=O) groups is 1. The molecule has 2 rings (SSSR count). The van der Waals surface area contributed by atoms with E-state index in [4.69, 9.17) is 0 Å². The molecule has 0 aromatic carbocycles. The Hall–Kier alpha value is -1.69. The number of carbonyl (C=O) groups excluding carboxylic acids is 1. The molecule has 1 N–H and O–H groups in total. The van der Waals surface area contributed by atoms with Crippen LogP contribution < -0.4 is 10.9 Å². The normalized spacial score (nSPS) is 12.6. The van der Waals surface area contributed by atoms with E-state index >= 15 is 0 Å². The van der Waals surface area contributed by atoms with Gasteiger partial charge >= 0.3 is 0 Å². The molecule has 0 aliphatic rings. The van der Waals surface area contributed by atoms with Gasteiger partial charge in [-0.25, -0.2) is 4.98 Å². The average Bonchev–Trinajstić information content (AvgIpc) is 2.83. The summed E-state index contributed by atoms with van der Waals surface area (Å²) in [6, 6.07) is 1.78. The van der Waals surface area contributed by atoms with E-state index in [0.717, 1.165) is 11.3 Å². The Kier molecular flexibility index (Phi) is 4.94. The van der Waals surface area contributed by atoms with Crippen LogP contribution in [0.2, 0.25) is 0 Å². The van der Waals surface area contributed by atoms with Gasteiger partial charge in [-0.3, -0.25) is 14.2 Å². The maximum atomic E-state index is 12.3. The van der Waals surface area contributed by atoms with Crippen molar-refractivity contribution in [3.63, 3.8) is 0 Å². The fraction of sp³-hybridized carbons (Fsp3) is 0.588. The summed E-state index contributed by atoms with van der Waals surface area (Å²) in [7, 11) is 0. The zero-order valence-corrected chi connectivity index (χ0v) is 15.3. The number of fused-ring (bicyclic) bond motifs is 1. The number of nitrogens with one attached hydrogen (secondary N) is 1. The van der Waals surface area contributed by atoms with Crippen LogP contribution >= 0.6 is 11.3 Å². The van der Waals surface area contributed by atoms with Crippen molar-refractivity contribution in [1.82, 2.24) is 14.9 Å². The van der Waals surface area contributed by atoms with Crippen LogP contribution in [0.4, 0.5) is 0 Å². The number of hydrogen-bond donors (Lipinski definition) is 1. The number of aryl methyl sites for hydroxylation is 1. The third-order valence-corrected chi connectivity index (χ3v) is 4.30. The van der Waals surface area contributed by atoms with Crippen molar-refractivity contribution in [2.75, 3.05) is 0 Å². The van der Waals surface area contributed by atoms with Crippen LogP contribution in [0.25, 0.3) is 10.2 Å². The second-order valence-electron chi connectivity index (χ2n) is 7.80. The second kappa shape index (κ2) is 6.43. The number of nitrogens with zero attached hydrogens (tertiary/aromatic N) is 2. The van der Waals surface area contributed by atoms with E-state index in [1.807, 2.05) is 19.2 Å². The molecule has 2 aromatic heterocycles. The number of rotatable bonds is 5. The molecule has 1 amide bonds. The second-order valence-corrected chi connectivity index (χ2v) is 8.70. The lowest BCUT2D eigenvalue weighted by Gasteiger charge is -2.33. The first-order chi connectivity index (χ1) is 10.6. The molecule has 0 spiro atoms. The minimum Gasteiger partial charge on any atom is -0.351 e. The molecule has 6 heteroatoms. The van der Waals surface area contributed by atoms with E-state index in [1.165, 1.54) is 22.2 Å². The van der Waals surface area contributed by atoms with Crippen molar-refractivity contribution < 1.29 is 4.79 Å². The molecule has 0 radical (unpaired) electrons. The van der Waals surface area contributed by atoms with Gasteiger partial charge in [0.25, 0.3) is 5.56 Å². The lowest BCUT2D eigenvalue weighted by molar-refractivity contribution is -0.123. The average molecular weight is 335 g/mol. The Balaban J connectivity index is 1.98. The van der Waals surface area contributed by atoms with Crippen LogP contribution in [0, 0.1) is 5.41 Å². The fourth-order valence-corrected chi connectivity index (χ4v) is 3.81. The molecule has 126 valence electrons. The van der Waals surface area contributed by atoms with Gasteiger partial charge < -0.3 is 5.32 Å². The van der Waals surface area contributed by atoms with Crippen LogP contribution in [0.5, 0.6) is 0 Å². The number of aromatic nitrogens is 2. The largest absolute Gasteiger partial charge is 0.351 e. The highest BCUT2D eigenvalue weighted by atomic mass is 32.1. The molecule has 0 aliphatic carbocycles. The summed E-state index contributed by atoms with van der Waals surface area (Å²) < 4.78 is 1.51. The number of hydrogen-bond acceptors (Lipinski definition) is 4. The zero-order chi connectivity index (χ0) is 17.3. The van der Waals surface area contributed by atoms with Crippen LogP contribution in [0.15, 0.2) is 22.6 Å². The molecule has 0 atom stereocenters. The summed E-state index contributed by atoms with van der Waals surface area (Å²) >= 11 is 1.44. The standard InChI is InChI=1S/C17H25N3O2S/c1-16(2,3)10-17(4,5)19-13(21)6-8-20-11-18-14-12(15(20)22)7-9-23-14/h7,9,11H,6,8,10H2,1-5H3,(H,19,21). The molecule has 2 heterocycles. The first-order valence-corrected chi connectivity index (χ1v) is 8.69. The van der Waals surface area contributed by atoms with E-state index in [2.05, 4.69) is 31.1 Å². The highest BCUT2D eigenvalue weighted by molar-refractivity contribution is 7.16. The van der Waals surface area contributed by atoms with Gasteiger partial charge in [0.05, 0.1) is 11.7 Å². The van der Waals surface area contributed by atoms with Crippen molar-refractivity contribution in [2.45, 2.75) is 59.5 Å². The Bertz CT molecular complexity index is 753. The lowest BCUT2D eigenvalue weighted by Crippen LogP contribution is -2.46. The summed E-state index contributed by atoms with van der Waals surface area (Å²) in [5.74, 6) is -0.0448. The van der Waals surface area contributed by atoms with E-state index in [-0.39, 0.29) is 28.8 Å². The van der Waals surface area contributed by atoms with E-state index < -0.39 is 0 Å². The summed E-state index contributed by atoms with van der Waals surface area (Å²) in [4.78, 5) is 29.5. The molecule has 0 aliphatic heterocycles. The predicted molar refractivity (Wildman–Crippen MR) is 94.8 cm³/mol. The SMILES string of the molecule is CC(C)(C)CC(C)(C)NC(=O)CCn1cnc2sccc2c1=O. The van der Waals surface area contributed by atoms with Crippen LogP contribution in [-0.2, 0) is 11.3 Å². The molecule has 5 nitrogen and oxygen atoms in total. The molecular formula is C17H25N3O2S.